The second-order valence-electron chi connectivity index (χ2n) is 7.19. The molecule has 0 bridgehead atoms. The molecular weight excluding hydrogens is 398 g/mol. The lowest BCUT2D eigenvalue weighted by Crippen LogP contribution is -2.17. The number of nitrogens with zero attached hydrogens (tertiary/aromatic N) is 1. The number of carbonyl (C=O) groups excluding carboxylic acids is 1. The van der Waals surface area contributed by atoms with E-state index in [-0.39, 0.29) is 10.8 Å². The molecule has 1 heterocycles. The Kier molecular flexibility index (Phi) is 5.72. The third-order valence-corrected chi connectivity index (χ3v) is 6.42. The average molecular weight is 422 g/mol. The van der Waals surface area contributed by atoms with Crippen molar-refractivity contribution in [1.82, 2.24) is 0 Å². The molecule has 0 atom stereocenters. The van der Waals surface area contributed by atoms with Gasteiger partial charge in [0.05, 0.1) is 4.90 Å². The Morgan fingerprint density at radius 3 is 2.20 bits per heavy atom. The molecule has 4 rings (SSSR count). The quantitative estimate of drug-likeness (QED) is 0.621. The molecule has 0 aliphatic carbocycles. The maximum Gasteiger partial charge on any atom is 0.261 e. The van der Waals surface area contributed by atoms with Crippen molar-refractivity contribution in [2.45, 2.75) is 17.7 Å². The van der Waals surface area contributed by atoms with Crippen molar-refractivity contribution in [3.05, 3.63) is 84.4 Å². The van der Waals surface area contributed by atoms with E-state index in [9.17, 15) is 13.2 Å². The van der Waals surface area contributed by atoms with E-state index in [1.165, 1.54) is 31.0 Å². The number of sulfonamides is 1. The number of rotatable bonds is 6. The second-order valence-corrected chi connectivity index (χ2v) is 8.88. The molecule has 0 saturated carbocycles. The number of hydrogen-bond donors (Lipinski definition) is 2. The smallest absolute Gasteiger partial charge is 0.261 e. The molecule has 154 valence electrons. The third kappa shape index (κ3) is 4.63. The number of hydrogen-bond acceptors (Lipinski definition) is 4. The first-order valence-electron chi connectivity index (χ1n) is 9.86. The summed E-state index contributed by atoms with van der Waals surface area (Å²) in [7, 11) is -3.71. The van der Waals surface area contributed by atoms with Crippen molar-refractivity contribution < 1.29 is 13.2 Å². The van der Waals surface area contributed by atoms with Crippen molar-refractivity contribution >= 4 is 33.0 Å². The SMILES string of the molecule is O=C(Nc1ccc(N2CCCC2)cc1)c1cccc(NS(=O)(=O)c2ccccc2)c1. The van der Waals surface area contributed by atoms with Gasteiger partial charge in [0.2, 0.25) is 0 Å². The topological polar surface area (TPSA) is 78.5 Å². The minimum absolute atomic E-state index is 0.165. The van der Waals surface area contributed by atoms with E-state index < -0.39 is 10.0 Å². The van der Waals surface area contributed by atoms with E-state index in [2.05, 4.69) is 14.9 Å². The molecule has 1 fully saturated rings. The van der Waals surface area contributed by atoms with E-state index >= 15 is 0 Å². The molecule has 2 N–H and O–H groups in total. The Morgan fingerprint density at radius 2 is 1.50 bits per heavy atom. The van der Waals surface area contributed by atoms with Crippen molar-refractivity contribution in [2.24, 2.45) is 0 Å². The fraction of sp³-hybridized carbons (Fsp3) is 0.174. The Morgan fingerprint density at radius 1 is 0.800 bits per heavy atom. The normalized spacial score (nSPS) is 13.8. The highest BCUT2D eigenvalue weighted by molar-refractivity contribution is 7.92. The Bertz CT molecular complexity index is 1120. The molecule has 1 aliphatic heterocycles. The highest BCUT2D eigenvalue weighted by atomic mass is 32.2. The largest absolute Gasteiger partial charge is 0.372 e. The van der Waals surface area contributed by atoms with Crippen molar-refractivity contribution in [1.29, 1.82) is 0 Å². The van der Waals surface area contributed by atoms with Gasteiger partial charge in [-0.15, -0.1) is 0 Å². The molecular formula is C23H23N3O3S. The van der Waals surface area contributed by atoms with Gasteiger partial charge in [0.1, 0.15) is 0 Å². The van der Waals surface area contributed by atoms with Crippen LogP contribution in [0.4, 0.5) is 17.1 Å². The molecule has 0 spiro atoms. The van der Waals surface area contributed by atoms with Crippen LogP contribution in [0.1, 0.15) is 23.2 Å². The summed E-state index contributed by atoms with van der Waals surface area (Å²) in [6.45, 7) is 2.13. The van der Waals surface area contributed by atoms with E-state index in [1.54, 1.807) is 36.4 Å². The highest BCUT2D eigenvalue weighted by Gasteiger charge is 2.15. The van der Waals surface area contributed by atoms with Crippen molar-refractivity contribution in [2.75, 3.05) is 28.0 Å². The summed E-state index contributed by atoms with van der Waals surface area (Å²) < 4.78 is 27.5. The molecule has 0 unspecified atom stereocenters. The summed E-state index contributed by atoms with van der Waals surface area (Å²) in [5, 5.41) is 2.86. The van der Waals surface area contributed by atoms with E-state index in [0.29, 0.717) is 16.9 Å². The van der Waals surface area contributed by atoms with Gasteiger partial charge < -0.3 is 10.2 Å². The minimum atomic E-state index is -3.71. The molecule has 7 heteroatoms. The second kappa shape index (κ2) is 8.59. The number of anilines is 3. The van der Waals surface area contributed by atoms with Gasteiger partial charge in [-0.25, -0.2) is 8.42 Å². The molecule has 30 heavy (non-hydrogen) atoms. The van der Waals surface area contributed by atoms with Gasteiger partial charge in [-0.05, 0) is 67.4 Å². The zero-order chi connectivity index (χ0) is 21.0. The minimum Gasteiger partial charge on any atom is -0.372 e. The van der Waals surface area contributed by atoms with Gasteiger partial charge in [0, 0.05) is 35.7 Å². The van der Waals surface area contributed by atoms with E-state index in [1.807, 2.05) is 24.3 Å². The summed E-state index contributed by atoms with van der Waals surface area (Å²) in [4.78, 5) is 15.1. The molecule has 0 radical (unpaired) electrons. The monoisotopic (exact) mass is 421 g/mol. The number of benzene rings is 3. The molecule has 1 aliphatic rings. The van der Waals surface area contributed by atoms with Crippen LogP contribution in [0.3, 0.4) is 0 Å². The van der Waals surface area contributed by atoms with Gasteiger partial charge in [0.25, 0.3) is 15.9 Å². The van der Waals surface area contributed by atoms with Crippen molar-refractivity contribution in [3.63, 3.8) is 0 Å². The third-order valence-electron chi connectivity index (χ3n) is 5.03. The molecule has 3 aromatic carbocycles. The number of nitrogens with one attached hydrogen (secondary N) is 2. The van der Waals surface area contributed by atoms with Crippen molar-refractivity contribution in [3.8, 4) is 0 Å². The number of carbonyl (C=O) groups is 1. The Labute approximate surface area is 176 Å². The summed E-state index contributed by atoms with van der Waals surface area (Å²) >= 11 is 0. The fourth-order valence-electron chi connectivity index (χ4n) is 3.47. The Balaban J connectivity index is 1.45. The van der Waals surface area contributed by atoms with Crippen LogP contribution in [-0.2, 0) is 10.0 Å². The first-order chi connectivity index (χ1) is 14.5. The lowest BCUT2D eigenvalue weighted by Gasteiger charge is -2.17. The zero-order valence-corrected chi connectivity index (χ0v) is 17.2. The van der Waals surface area contributed by atoms with Crippen LogP contribution in [-0.4, -0.2) is 27.4 Å². The summed E-state index contributed by atoms with van der Waals surface area (Å²) in [5.41, 5.74) is 2.55. The fourth-order valence-corrected chi connectivity index (χ4v) is 4.54. The lowest BCUT2D eigenvalue weighted by molar-refractivity contribution is 0.102. The van der Waals surface area contributed by atoms with Gasteiger partial charge in [-0.1, -0.05) is 24.3 Å². The predicted molar refractivity (Wildman–Crippen MR) is 120 cm³/mol. The van der Waals surface area contributed by atoms with E-state index in [4.69, 9.17) is 0 Å². The Hall–Kier alpha value is -3.32. The summed E-state index contributed by atoms with van der Waals surface area (Å²) in [5.74, 6) is -0.301. The van der Waals surface area contributed by atoms with Gasteiger partial charge >= 0.3 is 0 Å². The first kappa shape index (κ1) is 20.0. The number of amides is 1. The van der Waals surface area contributed by atoms with Crippen LogP contribution in [0.2, 0.25) is 0 Å². The van der Waals surface area contributed by atoms with Crippen LogP contribution in [0.5, 0.6) is 0 Å². The van der Waals surface area contributed by atoms with Crippen LogP contribution >= 0.6 is 0 Å². The maximum atomic E-state index is 12.6. The molecule has 6 nitrogen and oxygen atoms in total. The van der Waals surface area contributed by atoms with E-state index in [0.717, 1.165) is 18.8 Å². The van der Waals surface area contributed by atoms with Crippen LogP contribution < -0.4 is 14.9 Å². The van der Waals surface area contributed by atoms with Gasteiger partial charge in [-0.3, -0.25) is 9.52 Å². The van der Waals surface area contributed by atoms with Crippen LogP contribution in [0.25, 0.3) is 0 Å². The molecule has 0 aromatic heterocycles. The average Bonchev–Trinajstić information content (AvgIpc) is 3.30. The molecule has 1 saturated heterocycles. The van der Waals surface area contributed by atoms with Crippen LogP contribution in [0.15, 0.2) is 83.8 Å². The lowest BCUT2D eigenvalue weighted by atomic mass is 10.2. The molecule has 1 amide bonds. The summed E-state index contributed by atoms with van der Waals surface area (Å²) in [6.07, 6.45) is 2.42. The maximum absolute atomic E-state index is 12.6. The molecule has 3 aromatic rings. The predicted octanol–water partition coefficient (Wildman–Crippen LogP) is 4.34. The standard InChI is InChI=1S/C23H23N3O3S/c27-23(24-19-11-13-21(14-12-19)26-15-4-5-16-26)18-7-6-8-20(17-18)25-30(28,29)22-9-2-1-3-10-22/h1-3,6-14,17,25H,4-5,15-16H2,(H,24,27). The van der Waals surface area contributed by atoms with Gasteiger partial charge in [-0.2, -0.15) is 0 Å². The van der Waals surface area contributed by atoms with Crippen LogP contribution in [0, 0.1) is 0 Å². The summed E-state index contributed by atoms with van der Waals surface area (Å²) in [6, 6.07) is 22.3. The van der Waals surface area contributed by atoms with Gasteiger partial charge in [0.15, 0.2) is 0 Å². The first-order valence-corrected chi connectivity index (χ1v) is 11.3. The highest BCUT2D eigenvalue weighted by Crippen LogP contribution is 2.23. The zero-order valence-electron chi connectivity index (χ0n) is 16.4.